The molecule has 0 unspecified atom stereocenters. The molecule has 1 fully saturated rings. The Balaban J connectivity index is 1.77. The fourth-order valence-electron chi connectivity index (χ4n) is 3.14. The summed E-state index contributed by atoms with van der Waals surface area (Å²) in [5, 5.41) is 13.8. The fourth-order valence-corrected chi connectivity index (χ4v) is 3.14. The van der Waals surface area contributed by atoms with Gasteiger partial charge in [-0.25, -0.2) is 0 Å². The number of hydrogen-bond acceptors (Lipinski definition) is 2. The molecule has 0 radical (unpaired) electrons. The van der Waals surface area contributed by atoms with Crippen LogP contribution in [0.2, 0.25) is 0 Å². The first-order valence-corrected chi connectivity index (χ1v) is 7.62. The van der Waals surface area contributed by atoms with Gasteiger partial charge in [-0.1, -0.05) is 6.92 Å². The Hall–Kier alpha value is -1.81. The lowest BCUT2D eigenvalue weighted by Crippen LogP contribution is -2.53. The summed E-state index contributed by atoms with van der Waals surface area (Å²) < 4.78 is 0. The minimum Gasteiger partial charge on any atom is -0.394 e. The van der Waals surface area contributed by atoms with Crippen LogP contribution in [0.15, 0.2) is 30.5 Å². The SMILES string of the molecule is CC1CCC(CO)(NC(=O)c2ccc3[nH]ccc3c2)CC1. The second kappa shape index (κ2) is 5.53. The summed E-state index contributed by atoms with van der Waals surface area (Å²) in [5.41, 5.74) is 1.22. The van der Waals surface area contributed by atoms with Crippen LogP contribution >= 0.6 is 0 Å². The Labute approximate surface area is 124 Å². The van der Waals surface area contributed by atoms with Crippen molar-refractivity contribution in [2.24, 2.45) is 5.92 Å². The second-order valence-corrected chi connectivity index (χ2v) is 6.35. The van der Waals surface area contributed by atoms with Gasteiger partial charge < -0.3 is 15.4 Å². The van der Waals surface area contributed by atoms with Gasteiger partial charge in [0.2, 0.25) is 0 Å². The fraction of sp³-hybridized carbons (Fsp3) is 0.471. The molecule has 4 nitrogen and oxygen atoms in total. The van der Waals surface area contributed by atoms with Crippen LogP contribution in [0, 0.1) is 5.92 Å². The molecular weight excluding hydrogens is 264 g/mol. The van der Waals surface area contributed by atoms with E-state index in [0.717, 1.165) is 36.6 Å². The van der Waals surface area contributed by atoms with Crippen molar-refractivity contribution in [2.45, 2.75) is 38.1 Å². The minimum atomic E-state index is -0.448. The van der Waals surface area contributed by atoms with E-state index >= 15 is 0 Å². The van der Waals surface area contributed by atoms with E-state index in [0.29, 0.717) is 11.5 Å². The number of benzene rings is 1. The standard InChI is InChI=1S/C17H22N2O2/c1-12-4-7-17(11-20,8-5-12)19-16(21)14-2-3-15-13(10-14)6-9-18-15/h2-3,6,9-10,12,18,20H,4-5,7-8,11H2,1H3,(H,19,21). The molecule has 1 aliphatic rings. The predicted octanol–water partition coefficient (Wildman–Crippen LogP) is 2.84. The normalized spacial score (nSPS) is 25.9. The molecule has 1 aromatic carbocycles. The Morgan fingerprint density at radius 2 is 2.14 bits per heavy atom. The van der Waals surface area contributed by atoms with E-state index in [4.69, 9.17) is 0 Å². The van der Waals surface area contributed by atoms with Crippen LogP contribution in [0.3, 0.4) is 0 Å². The van der Waals surface area contributed by atoms with E-state index in [9.17, 15) is 9.90 Å². The molecule has 0 atom stereocenters. The number of rotatable bonds is 3. The van der Waals surface area contributed by atoms with Gasteiger partial charge in [-0.2, -0.15) is 0 Å². The molecular formula is C17H22N2O2. The molecule has 3 N–H and O–H groups in total. The number of aromatic nitrogens is 1. The smallest absolute Gasteiger partial charge is 0.251 e. The third kappa shape index (κ3) is 2.81. The zero-order chi connectivity index (χ0) is 14.9. The second-order valence-electron chi connectivity index (χ2n) is 6.35. The average molecular weight is 286 g/mol. The van der Waals surface area contributed by atoms with Gasteiger partial charge in [-0.15, -0.1) is 0 Å². The number of amides is 1. The van der Waals surface area contributed by atoms with E-state index in [1.165, 1.54) is 0 Å². The lowest BCUT2D eigenvalue weighted by molar-refractivity contribution is 0.0717. The van der Waals surface area contributed by atoms with E-state index in [1.807, 2.05) is 30.5 Å². The number of hydrogen-bond donors (Lipinski definition) is 3. The summed E-state index contributed by atoms with van der Waals surface area (Å²) in [6.45, 7) is 2.24. The molecule has 21 heavy (non-hydrogen) atoms. The molecule has 1 amide bonds. The molecule has 0 bridgehead atoms. The maximum Gasteiger partial charge on any atom is 0.251 e. The van der Waals surface area contributed by atoms with Crippen molar-refractivity contribution in [2.75, 3.05) is 6.61 Å². The number of fused-ring (bicyclic) bond motifs is 1. The third-order valence-electron chi connectivity index (χ3n) is 4.73. The summed E-state index contributed by atoms with van der Waals surface area (Å²) in [6, 6.07) is 7.58. The van der Waals surface area contributed by atoms with Gasteiger partial charge in [0.1, 0.15) is 0 Å². The van der Waals surface area contributed by atoms with Crippen LogP contribution < -0.4 is 5.32 Å². The highest BCUT2D eigenvalue weighted by Crippen LogP contribution is 2.32. The van der Waals surface area contributed by atoms with Crippen LogP contribution in [0.25, 0.3) is 10.9 Å². The topological polar surface area (TPSA) is 65.1 Å². The van der Waals surface area contributed by atoms with Crippen molar-refractivity contribution in [1.29, 1.82) is 0 Å². The number of carbonyl (C=O) groups excluding carboxylic acids is 1. The molecule has 1 saturated carbocycles. The highest BCUT2D eigenvalue weighted by atomic mass is 16.3. The first-order chi connectivity index (χ1) is 10.1. The summed E-state index contributed by atoms with van der Waals surface area (Å²) in [6.07, 6.45) is 5.67. The summed E-state index contributed by atoms with van der Waals surface area (Å²) >= 11 is 0. The molecule has 1 aromatic heterocycles. The van der Waals surface area contributed by atoms with Gasteiger partial charge >= 0.3 is 0 Å². The Morgan fingerprint density at radius 1 is 1.38 bits per heavy atom. The van der Waals surface area contributed by atoms with Gasteiger partial charge in [0.15, 0.2) is 0 Å². The highest BCUT2D eigenvalue weighted by molar-refractivity contribution is 5.98. The minimum absolute atomic E-state index is 0.0118. The summed E-state index contributed by atoms with van der Waals surface area (Å²) in [4.78, 5) is 15.6. The maximum absolute atomic E-state index is 12.5. The molecule has 4 heteroatoms. The van der Waals surface area contributed by atoms with Gasteiger partial charge in [-0.3, -0.25) is 4.79 Å². The van der Waals surface area contributed by atoms with E-state index in [1.54, 1.807) is 0 Å². The van der Waals surface area contributed by atoms with Crippen molar-refractivity contribution in [3.63, 3.8) is 0 Å². The molecule has 2 aromatic rings. The van der Waals surface area contributed by atoms with Crippen molar-refractivity contribution in [3.05, 3.63) is 36.0 Å². The first-order valence-electron chi connectivity index (χ1n) is 7.62. The third-order valence-corrected chi connectivity index (χ3v) is 4.73. The van der Waals surface area contributed by atoms with Crippen LogP contribution in [0.4, 0.5) is 0 Å². The van der Waals surface area contributed by atoms with Gasteiger partial charge in [0, 0.05) is 22.7 Å². The summed E-state index contributed by atoms with van der Waals surface area (Å²) in [5.74, 6) is 0.583. The molecule has 3 rings (SSSR count). The van der Waals surface area contributed by atoms with Crippen LogP contribution in [-0.2, 0) is 0 Å². The molecule has 1 aliphatic carbocycles. The first kappa shape index (κ1) is 14.1. The Bertz CT molecular complexity index is 639. The highest BCUT2D eigenvalue weighted by Gasteiger charge is 2.35. The van der Waals surface area contributed by atoms with Crippen LogP contribution in [-0.4, -0.2) is 28.1 Å². The molecule has 1 heterocycles. The van der Waals surface area contributed by atoms with Gasteiger partial charge in [0.25, 0.3) is 5.91 Å². The lowest BCUT2D eigenvalue weighted by atomic mass is 9.77. The van der Waals surface area contributed by atoms with E-state index in [-0.39, 0.29) is 12.5 Å². The van der Waals surface area contributed by atoms with Crippen LogP contribution in [0.5, 0.6) is 0 Å². The van der Waals surface area contributed by atoms with Gasteiger partial charge in [0.05, 0.1) is 12.1 Å². The van der Waals surface area contributed by atoms with Crippen LogP contribution in [0.1, 0.15) is 43.0 Å². The van der Waals surface area contributed by atoms with Crippen molar-refractivity contribution in [1.82, 2.24) is 10.3 Å². The quantitative estimate of drug-likeness (QED) is 0.812. The predicted molar refractivity (Wildman–Crippen MR) is 83.2 cm³/mol. The number of carbonyl (C=O) groups is 1. The molecule has 0 spiro atoms. The number of H-pyrrole nitrogens is 1. The number of aromatic amines is 1. The summed E-state index contributed by atoms with van der Waals surface area (Å²) in [7, 11) is 0. The molecule has 112 valence electrons. The number of nitrogens with one attached hydrogen (secondary N) is 2. The monoisotopic (exact) mass is 286 g/mol. The zero-order valence-corrected chi connectivity index (χ0v) is 12.4. The molecule has 0 saturated heterocycles. The van der Waals surface area contributed by atoms with E-state index in [2.05, 4.69) is 17.2 Å². The van der Waals surface area contributed by atoms with Crippen molar-refractivity contribution >= 4 is 16.8 Å². The van der Waals surface area contributed by atoms with Gasteiger partial charge in [-0.05, 0) is 55.9 Å². The molecule has 0 aliphatic heterocycles. The van der Waals surface area contributed by atoms with Crippen molar-refractivity contribution < 1.29 is 9.90 Å². The lowest BCUT2D eigenvalue weighted by Gasteiger charge is -2.38. The average Bonchev–Trinajstić information content (AvgIpc) is 2.97. The van der Waals surface area contributed by atoms with E-state index < -0.39 is 5.54 Å². The van der Waals surface area contributed by atoms with Crippen molar-refractivity contribution in [3.8, 4) is 0 Å². The Morgan fingerprint density at radius 3 is 2.86 bits per heavy atom. The Kier molecular flexibility index (Phi) is 3.72. The maximum atomic E-state index is 12.5. The number of aliphatic hydroxyl groups is 1. The largest absolute Gasteiger partial charge is 0.394 e. The zero-order valence-electron chi connectivity index (χ0n) is 12.4. The number of aliphatic hydroxyl groups excluding tert-OH is 1.